The smallest absolute Gasteiger partial charge is 0.122 e. The second kappa shape index (κ2) is 10.1. The average Bonchev–Trinajstić information content (AvgIpc) is 2.77. The van der Waals surface area contributed by atoms with Crippen molar-refractivity contribution < 1.29 is 0 Å². The molecule has 0 fully saturated rings. The monoisotopic (exact) mass is 251 g/mol. The van der Waals surface area contributed by atoms with Crippen molar-refractivity contribution in [3.63, 3.8) is 0 Å². The quantitative estimate of drug-likeness (QED) is 0.608. The van der Waals surface area contributed by atoms with Gasteiger partial charge in [0, 0.05) is 19.4 Å². The van der Waals surface area contributed by atoms with Gasteiger partial charge in [0.2, 0.25) is 0 Å². The summed E-state index contributed by atoms with van der Waals surface area (Å²) in [5.41, 5.74) is 0. The van der Waals surface area contributed by atoms with Gasteiger partial charge in [-0.3, -0.25) is 0 Å². The minimum Gasteiger partial charge on any atom is -0.337 e. The zero-order valence-corrected chi connectivity index (χ0v) is 12.1. The number of aryl methyl sites for hydroxylation is 1. The standard InChI is InChI=1S/C15H29N3/c1-3-4-5-6-7-8-9-10-11-16-14-15-17-12-13-18(15)2/h12-13,16H,3-11,14H2,1-2H3. The number of nitrogens with one attached hydrogen (secondary N) is 1. The topological polar surface area (TPSA) is 29.9 Å². The Bertz CT molecular complexity index is 294. The van der Waals surface area contributed by atoms with E-state index in [-0.39, 0.29) is 0 Å². The molecule has 0 unspecified atom stereocenters. The Morgan fingerprint density at radius 2 is 1.72 bits per heavy atom. The van der Waals surface area contributed by atoms with Crippen LogP contribution in [0.2, 0.25) is 0 Å². The fourth-order valence-electron chi connectivity index (χ4n) is 2.15. The third-order valence-corrected chi connectivity index (χ3v) is 3.41. The molecule has 0 atom stereocenters. The molecule has 0 spiro atoms. The van der Waals surface area contributed by atoms with Crippen LogP contribution in [-0.2, 0) is 13.6 Å². The summed E-state index contributed by atoms with van der Waals surface area (Å²) in [5.74, 6) is 1.12. The highest BCUT2D eigenvalue weighted by molar-refractivity contribution is 4.90. The van der Waals surface area contributed by atoms with Gasteiger partial charge in [-0.05, 0) is 13.0 Å². The maximum atomic E-state index is 4.29. The fourth-order valence-corrected chi connectivity index (χ4v) is 2.15. The van der Waals surface area contributed by atoms with E-state index in [0.717, 1.165) is 18.9 Å². The first kappa shape index (κ1) is 15.2. The van der Waals surface area contributed by atoms with E-state index in [0.29, 0.717) is 0 Å². The van der Waals surface area contributed by atoms with Gasteiger partial charge in [-0.15, -0.1) is 0 Å². The zero-order chi connectivity index (χ0) is 13.1. The van der Waals surface area contributed by atoms with Crippen LogP contribution >= 0.6 is 0 Å². The third-order valence-electron chi connectivity index (χ3n) is 3.41. The van der Waals surface area contributed by atoms with Crippen molar-refractivity contribution in [3.05, 3.63) is 18.2 Å². The van der Waals surface area contributed by atoms with Crippen LogP contribution in [0, 0.1) is 0 Å². The molecule has 18 heavy (non-hydrogen) atoms. The highest BCUT2D eigenvalue weighted by Gasteiger charge is 1.97. The summed E-state index contributed by atoms with van der Waals surface area (Å²) in [6.45, 7) is 4.27. The molecular weight excluding hydrogens is 222 g/mol. The van der Waals surface area contributed by atoms with E-state index in [2.05, 4.69) is 21.8 Å². The summed E-state index contributed by atoms with van der Waals surface area (Å²) in [6.07, 6.45) is 14.9. The molecule has 3 nitrogen and oxygen atoms in total. The van der Waals surface area contributed by atoms with Crippen LogP contribution in [-0.4, -0.2) is 16.1 Å². The van der Waals surface area contributed by atoms with Gasteiger partial charge in [0.25, 0.3) is 0 Å². The first-order chi connectivity index (χ1) is 8.84. The molecular formula is C15H29N3. The van der Waals surface area contributed by atoms with Gasteiger partial charge in [-0.2, -0.15) is 0 Å². The first-order valence-corrected chi connectivity index (χ1v) is 7.51. The third kappa shape index (κ3) is 6.80. The molecule has 1 N–H and O–H groups in total. The number of aromatic nitrogens is 2. The van der Waals surface area contributed by atoms with Gasteiger partial charge in [-0.25, -0.2) is 4.98 Å². The second-order valence-corrected chi connectivity index (χ2v) is 5.11. The molecule has 3 heteroatoms. The maximum absolute atomic E-state index is 4.29. The van der Waals surface area contributed by atoms with Crippen LogP contribution in [0.1, 0.15) is 64.1 Å². The van der Waals surface area contributed by atoms with Gasteiger partial charge in [-0.1, -0.05) is 51.9 Å². The van der Waals surface area contributed by atoms with Crippen LogP contribution in [0.25, 0.3) is 0 Å². The van der Waals surface area contributed by atoms with E-state index in [1.54, 1.807) is 0 Å². The number of rotatable bonds is 11. The van der Waals surface area contributed by atoms with E-state index in [4.69, 9.17) is 0 Å². The zero-order valence-electron chi connectivity index (χ0n) is 12.1. The van der Waals surface area contributed by atoms with Crippen LogP contribution in [0.4, 0.5) is 0 Å². The Balaban J connectivity index is 1.83. The molecule has 0 aliphatic rings. The van der Waals surface area contributed by atoms with Crippen molar-refractivity contribution in [2.24, 2.45) is 7.05 Å². The lowest BCUT2D eigenvalue weighted by molar-refractivity contribution is 0.548. The first-order valence-electron chi connectivity index (χ1n) is 7.51. The molecule has 1 rings (SSSR count). The lowest BCUT2D eigenvalue weighted by Crippen LogP contribution is -2.17. The summed E-state index contributed by atoms with van der Waals surface area (Å²) >= 11 is 0. The van der Waals surface area contributed by atoms with Gasteiger partial charge in [0.05, 0.1) is 6.54 Å². The number of hydrogen-bond acceptors (Lipinski definition) is 2. The normalized spacial score (nSPS) is 11.0. The highest BCUT2D eigenvalue weighted by Crippen LogP contribution is 2.07. The predicted octanol–water partition coefficient (Wildman–Crippen LogP) is 3.65. The molecule has 1 aromatic rings. The number of unbranched alkanes of at least 4 members (excludes halogenated alkanes) is 7. The molecule has 0 bridgehead atoms. The van der Waals surface area contributed by atoms with Crippen molar-refractivity contribution in [3.8, 4) is 0 Å². The summed E-state index contributed by atoms with van der Waals surface area (Å²) in [5, 5.41) is 3.46. The summed E-state index contributed by atoms with van der Waals surface area (Å²) in [6, 6.07) is 0. The Kier molecular flexibility index (Phi) is 8.57. The molecule has 0 amide bonds. The van der Waals surface area contributed by atoms with E-state index >= 15 is 0 Å². The highest BCUT2D eigenvalue weighted by atomic mass is 15.1. The molecule has 0 aliphatic heterocycles. The molecule has 0 saturated heterocycles. The van der Waals surface area contributed by atoms with E-state index in [9.17, 15) is 0 Å². The van der Waals surface area contributed by atoms with E-state index in [1.807, 2.05) is 19.4 Å². The number of nitrogens with zero attached hydrogens (tertiary/aromatic N) is 2. The summed E-state index contributed by atoms with van der Waals surface area (Å²) < 4.78 is 2.07. The van der Waals surface area contributed by atoms with Crippen molar-refractivity contribution in [2.45, 2.75) is 64.8 Å². The van der Waals surface area contributed by atoms with E-state index in [1.165, 1.54) is 51.4 Å². The predicted molar refractivity (Wildman–Crippen MR) is 77.5 cm³/mol. The van der Waals surface area contributed by atoms with Gasteiger partial charge in [0.15, 0.2) is 0 Å². The number of hydrogen-bond donors (Lipinski definition) is 1. The Hall–Kier alpha value is -0.830. The Labute approximate surface area is 112 Å². The minimum atomic E-state index is 0.889. The molecule has 0 saturated carbocycles. The molecule has 1 aromatic heterocycles. The minimum absolute atomic E-state index is 0.889. The summed E-state index contributed by atoms with van der Waals surface area (Å²) in [4.78, 5) is 4.29. The number of imidazole rings is 1. The maximum Gasteiger partial charge on any atom is 0.122 e. The van der Waals surface area contributed by atoms with Crippen LogP contribution in [0.3, 0.4) is 0 Å². The van der Waals surface area contributed by atoms with Crippen molar-refractivity contribution in [1.29, 1.82) is 0 Å². The van der Waals surface area contributed by atoms with Crippen molar-refractivity contribution in [1.82, 2.24) is 14.9 Å². The van der Waals surface area contributed by atoms with Gasteiger partial charge >= 0.3 is 0 Å². The molecule has 0 radical (unpaired) electrons. The molecule has 0 aliphatic carbocycles. The largest absolute Gasteiger partial charge is 0.337 e. The summed E-state index contributed by atoms with van der Waals surface area (Å²) in [7, 11) is 2.04. The molecule has 0 aromatic carbocycles. The second-order valence-electron chi connectivity index (χ2n) is 5.11. The molecule has 104 valence electrons. The lowest BCUT2D eigenvalue weighted by atomic mass is 10.1. The van der Waals surface area contributed by atoms with Gasteiger partial charge < -0.3 is 9.88 Å². The van der Waals surface area contributed by atoms with Crippen LogP contribution < -0.4 is 5.32 Å². The Morgan fingerprint density at radius 3 is 2.33 bits per heavy atom. The lowest BCUT2D eigenvalue weighted by Gasteiger charge is -2.05. The van der Waals surface area contributed by atoms with E-state index < -0.39 is 0 Å². The average molecular weight is 251 g/mol. The van der Waals surface area contributed by atoms with Crippen molar-refractivity contribution >= 4 is 0 Å². The van der Waals surface area contributed by atoms with Crippen molar-refractivity contribution in [2.75, 3.05) is 6.54 Å². The Morgan fingerprint density at radius 1 is 1.06 bits per heavy atom. The SMILES string of the molecule is CCCCCCCCCCNCc1nccn1C. The van der Waals surface area contributed by atoms with Crippen LogP contribution in [0.15, 0.2) is 12.4 Å². The van der Waals surface area contributed by atoms with Crippen LogP contribution in [0.5, 0.6) is 0 Å². The molecule has 1 heterocycles. The van der Waals surface area contributed by atoms with Gasteiger partial charge in [0.1, 0.15) is 5.82 Å². The fraction of sp³-hybridized carbons (Fsp3) is 0.800.